The van der Waals surface area contributed by atoms with Crippen LogP contribution in [0, 0.1) is 0 Å². The van der Waals surface area contributed by atoms with Crippen molar-refractivity contribution in [2.75, 3.05) is 12.4 Å². The molecule has 200 valence electrons. The average molecular weight is 513 g/mol. The van der Waals surface area contributed by atoms with E-state index < -0.39 is 6.10 Å². The number of unbranched alkanes of at least 4 members (excludes halogenated alkanes) is 11. The Balaban J connectivity index is 1.67. The van der Waals surface area contributed by atoms with E-state index in [1.807, 2.05) is 36.0 Å². The Kier molecular flexibility index (Phi) is 16.2. The van der Waals surface area contributed by atoms with Gasteiger partial charge in [-0.3, -0.25) is 0 Å². The first-order valence-corrected chi connectivity index (χ1v) is 15.3. The van der Waals surface area contributed by atoms with Crippen LogP contribution in [0.2, 0.25) is 0 Å². The first kappa shape index (κ1) is 30.3. The van der Waals surface area contributed by atoms with Gasteiger partial charge in [-0.25, -0.2) is 4.79 Å². The zero-order valence-electron chi connectivity index (χ0n) is 22.9. The number of rotatable bonds is 20. The lowest BCUT2D eigenvalue weighted by molar-refractivity contribution is -0.151. The fourth-order valence-electron chi connectivity index (χ4n) is 4.14. The molecule has 0 saturated carbocycles. The van der Waals surface area contributed by atoms with Crippen molar-refractivity contribution in [3.63, 3.8) is 0 Å². The molecule has 1 atom stereocenters. The highest BCUT2D eigenvalue weighted by Crippen LogP contribution is 2.27. The molecular weight excluding hydrogens is 464 g/mol. The summed E-state index contributed by atoms with van der Waals surface area (Å²) in [4.78, 5) is 13.5. The molecule has 0 radical (unpaired) electrons. The molecule has 2 rings (SSSR count). The standard InChI is InChI=1S/C32H48O3S/c1-4-6-8-10-12-14-16-26-36-31-23-19-29(20-24-31)28-17-21-30(22-18-28)35-27(3)32(33)34-25-15-13-11-9-7-5-2/h17-24,27H,4-16,25-26H2,1-3H3/t27-/m1/s1. The van der Waals surface area contributed by atoms with Crippen molar-refractivity contribution in [3.8, 4) is 16.9 Å². The maximum atomic E-state index is 12.2. The van der Waals surface area contributed by atoms with Crippen LogP contribution in [0.15, 0.2) is 53.4 Å². The lowest BCUT2D eigenvalue weighted by Gasteiger charge is -2.14. The summed E-state index contributed by atoms with van der Waals surface area (Å²) in [5.41, 5.74) is 2.33. The van der Waals surface area contributed by atoms with Crippen LogP contribution in [0.4, 0.5) is 0 Å². The number of thioether (sulfide) groups is 1. The van der Waals surface area contributed by atoms with Gasteiger partial charge in [-0.2, -0.15) is 0 Å². The molecule has 0 amide bonds. The van der Waals surface area contributed by atoms with Gasteiger partial charge in [-0.05, 0) is 60.9 Å². The van der Waals surface area contributed by atoms with Gasteiger partial charge in [-0.15, -0.1) is 11.8 Å². The van der Waals surface area contributed by atoms with Crippen LogP contribution in [0.3, 0.4) is 0 Å². The van der Waals surface area contributed by atoms with Gasteiger partial charge in [0.15, 0.2) is 6.10 Å². The van der Waals surface area contributed by atoms with Crippen LogP contribution in [-0.2, 0) is 9.53 Å². The molecule has 0 N–H and O–H groups in total. The molecule has 0 spiro atoms. The van der Waals surface area contributed by atoms with E-state index >= 15 is 0 Å². The van der Waals surface area contributed by atoms with Crippen molar-refractivity contribution in [2.24, 2.45) is 0 Å². The summed E-state index contributed by atoms with van der Waals surface area (Å²) in [6.07, 6.45) is 15.9. The first-order valence-electron chi connectivity index (χ1n) is 14.3. The predicted molar refractivity (Wildman–Crippen MR) is 155 cm³/mol. The minimum atomic E-state index is -0.608. The summed E-state index contributed by atoms with van der Waals surface area (Å²) >= 11 is 1.95. The van der Waals surface area contributed by atoms with E-state index in [4.69, 9.17) is 9.47 Å². The molecule has 0 unspecified atom stereocenters. The van der Waals surface area contributed by atoms with E-state index in [0.29, 0.717) is 12.4 Å². The summed E-state index contributed by atoms with van der Waals surface area (Å²) in [6, 6.07) is 16.7. The molecule has 4 heteroatoms. The number of ether oxygens (including phenoxy) is 2. The van der Waals surface area contributed by atoms with E-state index in [9.17, 15) is 4.79 Å². The molecule has 0 fully saturated rings. The second kappa shape index (κ2) is 19.2. The van der Waals surface area contributed by atoms with E-state index in [1.165, 1.54) is 86.8 Å². The second-order valence-corrected chi connectivity index (χ2v) is 10.9. The molecule has 0 heterocycles. The fourth-order valence-corrected chi connectivity index (χ4v) is 5.06. The van der Waals surface area contributed by atoms with E-state index in [0.717, 1.165) is 18.4 Å². The van der Waals surface area contributed by atoms with Crippen LogP contribution in [0.1, 0.15) is 104 Å². The Labute approximate surface area is 224 Å². The van der Waals surface area contributed by atoms with Crippen molar-refractivity contribution in [1.82, 2.24) is 0 Å². The van der Waals surface area contributed by atoms with E-state index in [1.54, 1.807) is 6.92 Å². The highest BCUT2D eigenvalue weighted by atomic mass is 32.2. The number of benzene rings is 2. The Bertz CT molecular complexity index is 816. The Morgan fingerprint density at radius 1 is 0.694 bits per heavy atom. The van der Waals surface area contributed by atoms with Gasteiger partial charge >= 0.3 is 5.97 Å². The third-order valence-electron chi connectivity index (χ3n) is 6.45. The highest BCUT2D eigenvalue weighted by Gasteiger charge is 2.16. The molecular formula is C32H48O3S. The molecule has 2 aromatic carbocycles. The van der Waals surface area contributed by atoms with Crippen molar-refractivity contribution in [2.45, 2.75) is 115 Å². The smallest absolute Gasteiger partial charge is 0.347 e. The van der Waals surface area contributed by atoms with Gasteiger partial charge < -0.3 is 9.47 Å². The van der Waals surface area contributed by atoms with Gasteiger partial charge in [0.25, 0.3) is 0 Å². The Morgan fingerprint density at radius 2 is 1.19 bits per heavy atom. The van der Waals surface area contributed by atoms with Crippen LogP contribution in [0.5, 0.6) is 5.75 Å². The predicted octanol–water partition coefficient (Wildman–Crippen LogP) is 9.87. The SMILES string of the molecule is CCCCCCCCCSc1ccc(-c2ccc(O[C@H](C)C(=O)OCCCCCCCC)cc2)cc1. The second-order valence-electron chi connectivity index (χ2n) is 9.71. The third-order valence-corrected chi connectivity index (χ3v) is 7.54. The molecule has 0 aromatic heterocycles. The zero-order valence-corrected chi connectivity index (χ0v) is 23.8. The molecule has 0 aliphatic heterocycles. The maximum absolute atomic E-state index is 12.2. The third kappa shape index (κ3) is 12.9. The highest BCUT2D eigenvalue weighted by molar-refractivity contribution is 7.99. The zero-order chi connectivity index (χ0) is 25.8. The number of carbonyl (C=O) groups is 1. The minimum absolute atomic E-state index is 0.294. The largest absolute Gasteiger partial charge is 0.479 e. The van der Waals surface area contributed by atoms with Crippen molar-refractivity contribution < 1.29 is 14.3 Å². The summed E-state index contributed by atoms with van der Waals surface area (Å²) in [7, 11) is 0. The fraction of sp³-hybridized carbons (Fsp3) is 0.594. The molecule has 36 heavy (non-hydrogen) atoms. The van der Waals surface area contributed by atoms with Crippen LogP contribution >= 0.6 is 11.8 Å². The number of carbonyl (C=O) groups excluding carboxylic acids is 1. The lowest BCUT2D eigenvalue weighted by Crippen LogP contribution is -2.26. The first-order chi connectivity index (χ1) is 17.6. The average Bonchev–Trinajstić information content (AvgIpc) is 2.90. The molecule has 3 nitrogen and oxygen atoms in total. The van der Waals surface area contributed by atoms with Gasteiger partial charge in [-0.1, -0.05) is 109 Å². The van der Waals surface area contributed by atoms with E-state index in [-0.39, 0.29) is 5.97 Å². The summed E-state index contributed by atoms with van der Waals surface area (Å²) in [6.45, 7) is 6.71. The summed E-state index contributed by atoms with van der Waals surface area (Å²) < 4.78 is 11.2. The number of esters is 1. The number of hydrogen-bond donors (Lipinski definition) is 0. The molecule has 0 saturated heterocycles. The molecule has 0 aliphatic rings. The van der Waals surface area contributed by atoms with Crippen LogP contribution < -0.4 is 4.74 Å². The quantitative estimate of drug-likeness (QED) is 0.100. The molecule has 0 bridgehead atoms. The van der Waals surface area contributed by atoms with Gasteiger partial charge in [0.05, 0.1) is 6.61 Å². The van der Waals surface area contributed by atoms with Gasteiger partial charge in [0.1, 0.15) is 5.75 Å². The monoisotopic (exact) mass is 512 g/mol. The van der Waals surface area contributed by atoms with Gasteiger partial charge in [0.2, 0.25) is 0 Å². The van der Waals surface area contributed by atoms with Crippen molar-refractivity contribution in [1.29, 1.82) is 0 Å². The van der Waals surface area contributed by atoms with E-state index in [2.05, 4.69) is 38.1 Å². The summed E-state index contributed by atoms with van der Waals surface area (Å²) in [5.74, 6) is 1.58. The van der Waals surface area contributed by atoms with Gasteiger partial charge in [0, 0.05) is 4.90 Å². The molecule has 0 aliphatic carbocycles. The van der Waals surface area contributed by atoms with Crippen molar-refractivity contribution in [3.05, 3.63) is 48.5 Å². The Hall–Kier alpha value is -1.94. The Morgan fingerprint density at radius 3 is 1.78 bits per heavy atom. The van der Waals surface area contributed by atoms with Crippen LogP contribution in [-0.4, -0.2) is 24.4 Å². The maximum Gasteiger partial charge on any atom is 0.347 e. The number of hydrogen-bond acceptors (Lipinski definition) is 4. The normalized spacial score (nSPS) is 11.9. The topological polar surface area (TPSA) is 35.5 Å². The lowest BCUT2D eigenvalue weighted by atomic mass is 10.1. The summed E-state index contributed by atoms with van der Waals surface area (Å²) in [5, 5.41) is 0. The van der Waals surface area contributed by atoms with Crippen LogP contribution in [0.25, 0.3) is 11.1 Å². The minimum Gasteiger partial charge on any atom is -0.479 e. The molecule has 2 aromatic rings. The van der Waals surface area contributed by atoms with Crippen molar-refractivity contribution >= 4 is 17.7 Å².